The van der Waals surface area contributed by atoms with Crippen molar-refractivity contribution in [3.05, 3.63) is 59.7 Å². The third-order valence-corrected chi connectivity index (χ3v) is 5.41. The fraction of sp³-hybridized carbons (Fsp3) is 0.125. The number of likely N-dealkylation sites (N-methyl/N-ethyl adjacent to an activating group) is 1. The monoisotopic (exact) mass is 363 g/mol. The highest BCUT2D eigenvalue weighted by atomic mass is 32.2. The molecule has 1 aromatic carbocycles. The van der Waals surface area contributed by atoms with Gasteiger partial charge in [-0.3, -0.25) is 4.31 Å². The highest BCUT2D eigenvalue weighted by molar-refractivity contribution is 7.89. The largest absolute Gasteiger partial charge is 0.464 e. The molecule has 0 amide bonds. The van der Waals surface area contributed by atoms with Crippen molar-refractivity contribution in [3.63, 3.8) is 0 Å². The second-order valence-electron chi connectivity index (χ2n) is 5.00. The number of rotatable bonds is 3. The molecule has 0 spiro atoms. The van der Waals surface area contributed by atoms with Crippen molar-refractivity contribution in [2.75, 3.05) is 14.2 Å². The smallest absolute Gasteiger partial charge is 0.379 e. The number of furan rings is 1. The van der Waals surface area contributed by atoms with Gasteiger partial charge in [0.1, 0.15) is 0 Å². The van der Waals surface area contributed by atoms with Gasteiger partial charge in [-0.1, -0.05) is 12.1 Å². The van der Waals surface area contributed by atoms with Crippen LogP contribution in [0.25, 0.3) is 5.76 Å². The van der Waals surface area contributed by atoms with Gasteiger partial charge >= 0.3 is 11.9 Å². The van der Waals surface area contributed by atoms with Crippen molar-refractivity contribution in [1.29, 1.82) is 0 Å². The normalized spacial score (nSPS) is 15.5. The van der Waals surface area contributed by atoms with Crippen molar-refractivity contribution in [1.82, 2.24) is 4.31 Å². The first-order chi connectivity index (χ1) is 11.9. The number of hydrogen-bond donors (Lipinski definition) is 0. The summed E-state index contributed by atoms with van der Waals surface area (Å²) in [5.41, 5.74) is -0.318. The third kappa shape index (κ3) is 2.68. The topological polar surface area (TPSA) is 103 Å². The van der Waals surface area contributed by atoms with Crippen LogP contribution in [0.4, 0.5) is 0 Å². The van der Waals surface area contributed by atoms with Crippen molar-refractivity contribution in [2.24, 2.45) is 0 Å². The predicted octanol–water partition coefficient (Wildman–Crippen LogP) is 1.61. The van der Waals surface area contributed by atoms with Crippen LogP contribution in [0.2, 0.25) is 0 Å². The summed E-state index contributed by atoms with van der Waals surface area (Å²) in [7, 11) is -1.71. The Balaban J connectivity index is 2.21. The first kappa shape index (κ1) is 16.8. The van der Waals surface area contributed by atoms with Gasteiger partial charge in [-0.2, -0.15) is 0 Å². The van der Waals surface area contributed by atoms with Crippen LogP contribution in [0, 0.1) is 0 Å². The van der Waals surface area contributed by atoms with Crippen LogP contribution in [0.5, 0.6) is 0 Å². The Labute approximate surface area is 143 Å². The first-order valence-electron chi connectivity index (χ1n) is 7.04. The summed E-state index contributed by atoms with van der Waals surface area (Å²) in [6.45, 7) is 0. The van der Waals surface area contributed by atoms with Gasteiger partial charge in [0.25, 0.3) is 10.0 Å². The van der Waals surface area contributed by atoms with E-state index in [-0.39, 0.29) is 22.0 Å². The quantitative estimate of drug-likeness (QED) is 0.763. The molecule has 2 aromatic rings. The molecule has 2 heterocycles. The third-order valence-electron chi connectivity index (χ3n) is 3.60. The Kier molecular flexibility index (Phi) is 4.09. The maximum absolute atomic E-state index is 12.6. The molecule has 0 atom stereocenters. The molecule has 0 saturated carbocycles. The van der Waals surface area contributed by atoms with E-state index in [0.29, 0.717) is 0 Å². The van der Waals surface area contributed by atoms with Gasteiger partial charge in [0.2, 0.25) is 5.76 Å². The van der Waals surface area contributed by atoms with Crippen molar-refractivity contribution in [2.45, 2.75) is 4.90 Å². The standard InChI is InChI=1S/C16H13NO7S/c1-17-13(16(19)22-2)14(24-15(18)11-7-5-9-23-11)10-6-3-4-8-12(10)25(17,20)21/h3-9H,1-2H3. The lowest BCUT2D eigenvalue weighted by Gasteiger charge is -2.29. The van der Waals surface area contributed by atoms with E-state index in [4.69, 9.17) is 9.15 Å². The van der Waals surface area contributed by atoms with Gasteiger partial charge in [-0.05, 0) is 24.3 Å². The minimum absolute atomic E-state index is 0.0842. The lowest BCUT2D eigenvalue weighted by atomic mass is 10.1. The maximum atomic E-state index is 12.6. The Morgan fingerprint density at radius 3 is 2.44 bits per heavy atom. The van der Waals surface area contributed by atoms with Crippen LogP contribution in [-0.4, -0.2) is 38.8 Å². The summed E-state index contributed by atoms with van der Waals surface area (Å²) < 4.78 is 40.9. The molecule has 1 aliphatic rings. The van der Waals surface area contributed by atoms with Gasteiger partial charge < -0.3 is 13.9 Å². The highest BCUT2D eigenvalue weighted by Gasteiger charge is 2.40. The predicted molar refractivity (Wildman–Crippen MR) is 84.5 cm³/mol. The Hall–Kier alpha value is -3.07. The molecule has 1 aromatic heterocycles. The van der Waals surface area contributed by atoms with Crippen LogP contribution in [0.3, 0.4) is 0 Å². The van der Waals surface area contributed by atoms with E-state index in [0.717, 1.165) is 11.4 Å². The summed E-state index contributed by atoms with van der Waals surface area (Å²) in [4.78, 5) is 24.3. The van der Waals surface area contributed by atoms with E-state index in [2.05, 4.69) is 4.74 Å². The molecule has 1 aliphatic heterocycles. The SMILES string of the molecule is COC(=O)C1=C(OC(=O)c2ccco2)c2ccccc2S(=O)(=O)N1C. The summed E-state index contributed by atoms with van der Waals surface area (Å²) in [6.07, 6.45) is 1.29. The summed E-state index contributed by atoms with van der Waals surface area (Å²) in [5, 5.41) is 0. The number of sulfonamides is 1. The Morgan fingerprint density at radius 2 is 1.80 bits per heavy atom. The highest BCUT2D eigenvalue weighted by Crippen LogP contribution is 2.37. The number of nitrogens with zero attached hydrogens (tertiary/aromatic N) is 1. The second kappa shape index (κ2) is 6.10. The number of fused-ring (bicyclic) bond motifs is 1. The van der Waals surface area contributed by atoms with E-state index in [1.165, 1.54) is 43.6 Å². The van der Waals surface area contributed by atoms with Gasteiger partial charge in [0.05, 0.1) is 18.3 Å². The number of ether oxygens (including phenoxy) is 2. The zero-order chi connectivity index (χ0) is 18.2. The fourth-order valence-corrected chi connectivity index (χ4v) is 3.76. The zero-order valence-electron chi connectivity index (χ0n) is 13.3. The van der Waals surface area contributed by atoms with E-state index in [1.807, 2.05) is 0 Å². The van der Waals surface area contributed by atoms with Crippen molar-refractivity contribution in [3.8, 4) is 0 Å². The van der Waals surface area contributed by atoms with Crippen LogP contribution in [-0.2, 0) is 24.3 Å². The van der Waals surface area contributed by atoms with Crippen molar-refractivity contribution >= 4 is 27.7 Å². The lowest BCUT2D eigenvalue weighted by molar-refractivity contribution is -0.137. The molecule has 0 fully saturated rings. The molecule has 130 valence electrons. The fourth-order valence-electron chi connectivity index (χ4n) is 2.38. The van der Waals surface area contributed by atoms with Crippen LogP contribution < -0.4 is 0 Å². The van der Waals surface area contributed by atoms with Gasteiger partial charge in [-0.15, -0.1) is 0 Å². The first-order valence-corrected chi connectivity index (χ1v) is 8.48. The number of hydrogen-bond acceptors (Lipinski definition) is 7. The van der Waals surface area contributed by atoms with Crippen molar-refractivity contribution < 1.29 is 31.9 Å². The van der Waals surface area contributed by atoms with E-state index < -0.39 is 27.7 Å². The van der Waals surface area contributed by atoms with E-state index in [9.17, 15) is 18.0 Å². The number of benzene rings is 1. The molecule has 0 aliphatic carbocycles. The molecule has 0 unspecified atom stereocenters. The average Bonchev–Trinajstić information content (AvgIpc) is 3.14. The van der Waals surface area contributed by atoms with Crippen LogP contribution >= 0.6 is 0 Å². The molecule has 3 rings (SSSR count). The van der Waals surface area contributed by atoms with Crippen LogP contribution in [0.15, 0.2) is 57.7 Å². The number of esters is 2. The molecule has 0 bridgehead atoms. The molecular weight excluding hydrogens is 350 g/mol. The lowest BCUT2D eigenvalue weighted by Crippen LogP contribution is -2.36. The van der Waals surface area contributed by atoms with Gasteiger partial charge in [-0.25, -0.2) is 18.0 Å². The molecule has 0 N–H and O–H groups in total. The summed E-state index contributed by atoms with van der Waals surface area (Å²) in [6, 6.07) is 8.77. The minimum atomic E-state index is -3.99. The second-order valence-corrected chi connectivity index (χ2v) is 6.94. The molecule has 25 heavy (non-hydrogen) atoms. The van der Waals surface area contributed by atoms with Gasteiger partial charge in [0.15, 0.2) is 11.5 Å². The molecule has 9 heteroatoms. The molecule has 0 saturated heterocycles. The zero-order valence-corrected chi connectivity index (χ0v) is 14.1. The number of carbonyl (C=O) groups is 2. The Bertz CT molecular complexity index is 974. The molecular formula is C16H13NO7S. The molecule has 0 radical (unpaired) electrons. The maximum Gasteiger partial charge on any atom is 0.379 e. The number of carbonyl (C=O) groups excluding carboxylic acids is 2. The summed E-state index contributed by atoms with van der Waals surface area (Å²) >= 11 is 0. The number of methoxy groups -OCH3 is 1. The molecule has 8 nitrogen and oxygen atoms in total. The van der Waals surface area contributed by atoms with E-state index in [1.54, 1.807) is 6.07 Å². The summed E-state index contributed by atoms with van der Waals surface area (Å²) in [5.74, 6) is -2.14. The average molecular weight is 363 g/mol. The van der Waals surface area contributed by atoms with E-state index >= 15 is 0 Å². The van der Waals surface area contributed by atoms with Crippen LogP contribution in [0.1, 0.15) is 16.1 Å². The Morgan fingerprint density at radius 1 is 1.08 bits per heavy atom. The minimum Gasteiger partial charge on any atom is -0.464 e. The van der Waals surface area contributed by atoms with Gasteiger partial charge in [0, 0.05) is 12.6 Å².